The average Bonchev–Trinajstić information content (AvgIpc) is 2.53. The fraction of sp³-hybridized carbons (Fsp3) is 0.222. The number of nitrogens with one attached hydrogen (secondary N) is 1. The summed E-state index contributed by atoms with van der Waals surface area (Å²) >= 11 is 0. The third-order valence-corrected chi connectivity index (χ3v) is 3.32. The van der Waals surface area contributed by atoms with Gasteiger partial charge in [0.15, 0.2) is 6.61 Å². The van der Waals surface area contributed by atoms with Crippen LogP contribution in [0.25, 0.3) is 0 Å². The number of anilines is 1. The number of carboxylic acids is 1. The van der Waals surface area contributed by atoms with E-state index in [1.165, 1.54) is 12.1 Å². The van der Waals surface area contributed by atoms with Gasteiger partial charge in [0.25, 0.3) is 5.91 Å². The molecule has 2 aromatic carbocycles. The van der Waals surface area contributed by atoms with Gasteiger partial charge in [-0.3, -0.25) is 4.79 Å². The second kappa shape index (κ2) is 7.45. The Morgan fingerprint density at radius 1 is 1.09 bits per heavy atom. The number of benzene rings is 2. The summed E-state index contributed by atoms with van der Waals surface area (Å²) in [5, 5.41) is 11.5. The molecule has 2 N–H and O–H groups in total. The second-order valence-electron chi connectivity index (χ2n) is 5.41. The van der Waals surface area contributed by atoms with Crippen molar-refractivity contribution in [3.05, 3.63) is 59.7 Å². The van der Waals surface area contributed by atoms with Crippen molar-refractivity contribution >= 4 is 17.6 Å². The molecule has 0 aromatic heterocycles. The number of ether oxygens (including phenoxy) is 1. The van der Waals surface area contributed by atoms with Crippen LogP contribution in [0.2, 0.25) is 0 Å². The van der Waals surface area contributed by atoms with E-state index in [1.54, 1.807) is 12.1 Å². The molecule has 1 amide bonds. The lowest BCUT2D eigenvalue weighted by molar-refractivity contribution is -0.118. The molecule has 0 aliphatic heterocycles. The van der Waals surface area contributed by atoms with Crippen molar-refractivity contribution in [3.63, 3.8) is 0 Å². The van der Waals surface area contributed by atoms with Gasteiger partial charge in [-0.2, -0.15) is 0 Å². The van der Waals surface area contributed by atoms with E-state index in [4.69, 9.17) is 9.84 Å². The minimum atomic E-state index is -1.00. The molecule has 5 heteroatoms. The number of carbonyl (C=O) groups excluding carboxylic acids is 1. The SMILES string of the molecule is CC(C)c1ccccc1OCC(=O)Nc1ccc(C(=O)O)cc1. The van der Waals surface area contributed by atoms with Crippen LogP contribution in [0.4, 0.5) is 5.69 Å². The van der Waals surface area contributed by atoms with E-state index in [0.717, 1.165) is 5.56 Å². The Labute approximate surface area is 134 Å². The van der Waals surface area contributed by atoms with Gasteiger partial charge in [0.2, 0.25) is 0 Å². The van der Waals surface area contributed by atoms with Gasteiger partial charge in [-0.1, -0.05) is 32.0 Å². The van der Waals surface area contributed by atoms with Gasteiger partial charge in [-0.05, 0) is 41.8 Å². The molecule has 0 fully saturated rings. The first-order valence-electron chi connectivity index (χ1n) is 7.32. The van der Waals surface area contributed by atoms with Gasteiger partial charge in [0.05, 0.1) is 5.56 Å². The first kappa shape index (κ1) is 16.5. The van der Waals surface area contributed by atoms with Crippen LogP contribution < -0.4 is 10.1 Å². The van der Waals surface area contributed by atoms with E-state index in [1.807, 2.05) is 24.3 Å². The molecule has 2 rings (SSSR count). The predicted octanol–water partition coefficient (Wildman–Crippen LogP) is 3.53. The van der Waals surface area contributed by atoms with Crippen LogP contribution in [-0.4, -0.2) is 23.6 Å². The zero-order valence-electron chi connectivity index (χ0n) is 13.1. The summed E-state index contributed by atoms with van der Waals surface area (Å²) in [6.07, 6.45) is 0. The maximum atomic E-state index is 11.9. The molecule has 0 saturated carbocycles. The predicted molar refractivity (Wildman–Crippen MR) is 88.1 cm³/mol. The first-order chi connectivity index (χ1) is 11.0. The van der Waals surface area contributed by atoms with Crippen LogP contribution in [0.1, 0.15) is 35.7 Å². The van der Waals surface area contributed by atoms with Crippen LogP contribution >= 0.6 is 0 Å². The fourth-order valence-corrected chi connectivity index (χ4v) is 2.13. The van der Waals surface area contributed by atoms with Crippen LogP contribution in [0.15, 0.2) is 48.5 Å². The molecule has 0 unspecified atom stereocenters. The highest BCUT2D eigenvalue weighted by atomic mass is 16.5. The number of hydrogen-bond donors (Lipinski definition) is 2. The normalized spacial score (nSPS) is 10.4. The number of rotatable bonds is 6. The number of carboxylic acid groups (broad SMARTS) is 1. The Balaban J connectivity index is 1.94. The largest absolute Gasteiger partial charge is 0.483 e. The minimum Gasteiger partial charge on any atom is -0.483 e. The molecule has 0 heterocycles. The number of aromatic carboxylic acids is 1. The lowest BCUT2D eigenvalue weighted by Gasteiger charge is -2.13. The van der Waals surface area contributed by atoms with Gasteiger partial charge in [0.1, 0.15) is 5.75 Å². The lowest BCUT2D eigenvalue weighted by Crippen LogP contribution is -2.20. The molecular formula is C18H19NO4. The van der Waals surface area contributed by atoms with Crippen LogP contribution in [0.5, 0.6) is 5.75 Å². The Morgan fingerprint density at radius 3 is 2.35 bits per heavy atom. The summed E-state index contributed by atoms with van der Waals surface area (Å²) in [6, 6.07) is 13.6. The Bertz CT molecular complexity index is 692. The molecule has 2 aromatic rings. The van der Waals surface area contributed by atoms with Gasteiger partial charge in [0, 0.05) is 5.69 Å². The summed E-state index contributed by atoms with van der Waals surface area (Å²) in [6.45, 7) is 4.02. The molecule has 120 valence electrons. The van der Waals surface area contributed by atoms with E-state index in [-0.39, 0.29) is 18.1 Å². The quantitative estimate of drug-likeness (QED) is 0.855. The minimum absolute atomic E-state index is 0.107. The third-order valence-electron chi connectivity index (χ3n) is 3.32. The molecule has 0 bridgehead atoms. The van der Waals surface area contributed by atoms with Crippen molar-refractivity contribution in [3.8, 4) is 5.75 Å². The highest BCUT2D eigenvalue weighted by molar-refractivity contribution is 5.93. The monoisotopic (exact) mass is 313 g/mol. The van der Waals surface area contributed by atoms with E-state index >= 15 is 0 Å². The summed E-state index contributed by atoms with van der Waals surface area (Å²) in [7, 11) is 0. The molecule has 23 heavy (non-hydrogen) atoms. The van der Waals surface area contributed by atoms with Gasteiger partial charge in [-0.15, -0.1) is 0 Å². The summed E-state index contributed by atoms with van der Waals surface area (Å²) in [4.78, 5) is 22.7. The van der Waals surface area contributed by atoms with E-state index in [0.29, 0.717) is 17.4 Å². The molecule has 0 radical (unpaired) electrons. The Morgan fingerprint density at radius 2 is 1.74 bits per heavy atom. The Hall–Kier alpha value is -2.82. The van der Waals surface area contributed by atoms with Crippen molar-refractivity contribution in [1.82, 2.24) is 0 Å². The van der Waals surface area contributed by atoms with Crippen LogP contribution in [0, 0.1) is 0 Å². The lowest BCUT2D eigenvalue weighted by atomic mass is 10.0. The second-order valence-corrected chi connectivity index (χ2v) is 5.41. The van der Waals surface area contributed by atoms with Crippen molar-refractivity contribution in [2.45, 2.75) is 19.8 Å². The smallest absolute Gasteiger partial charge is 0.335 e. The van der Waals surface area contributed by atoms with E-state index < -0.39 is 5.97 Å². The highest BCUT2D eigenvalue weighted by Crippen LogP contribution is 2.25. The van der Waals surface area contributed by atoms with Gasteiger partial charge < -0.3 is 15.2 Å². The molecule has 5 nitrogen and oxygen atoms in total. The maximum Gasteiger partial charge on any atom is 0.335 e. The summed E-state index contributed by atoms with van der Waals surface area (Å²) < 4.78 is 5.59. The van der Waals surface area contributed by atoms with E-state index in [2.05, 4.69) is 19.2 Å². The standard InChI is InChI=1S/C18H19NO4/c1-12(2)15-5-3-4-6-16(15)23-11-17(20)19-14-9-7-13(8-10-14)18(21)22/h3-10,12H,11H2,1-2H3,(H,19,20)(H,21,22). The highest BCUT2D eigenvalue weighted by Gasteiger charge is 2.10. The molecule has 0 spiro atoms. The number of para-hydroxylation sites is 1. The number of hydrogen-bond acceptors (Lipinski definition) is 3. The maximum absolute atomic E-state index is 11.9. The average molecular weight is 313 g/mol. The molecule has 0 aliphatic rings. The summed E-state index contributed by atoms with van der Waals surface area (Å²) in [5.74, 6) is -0.306. The zero-order valence-corrected chi connectivity index (χ0v) is 13.1. The molecule has 0 atom stereocenters. The Kier molecular flexibility index (Phi) is 5.36. The van der Waals surface area contributed by atoms with Crippen LogP contribution in [-0.2, 0) is 4.79 Å². The summed E-state index contributed by atoms with van der Waals surface area (Å²) in [5.41, 5.74) is 1.75. The zero-order chi connectivity index (χ0) is 16.8. The molecule has 0 aliphatic carbocycles. The van der Waals surface area contributed by atoms with E-state index in [9.17, 15) is 9.59 Å². The van der Waals surface area contributed by atoms with Gasteiger partial charge >= 0.3 is 5.97 Å². The number of amides is 1. The van der Waals surface area contributed by atoms with Gasteiger partial charge in [-0.25, -0.2) is 4.79 Å². The third kappa shape index (κ3) is 4.57. The topological polar surface area (TPSA) is 75.6 Å². The molecule has 0 saturated heterocycles. The van der Waals surface area contributed by atoms with Crippen molar-refractivity contribution in [1.29, 1.82) is 0 Å². The van der Waals surface area contributed by atoms with Crippen molar-refractivity contribution in [2.75, 3.05) is 11.9 Å². The van der Waals surface area contributed by atoms with Crippen molar-refractivity contribution < 1.29 is 19.4 Å². The number of carbonyl (C=O) groups is 2. The first-order valence-corrected chi connectivity index (χ1v) is 7.32. The van der Waals surface area contributed by atoms with Crippen molar-refractivity contribution in [2.24, 2.45) is 0 Å². The fourth-order valence-electron chi connectivity index (χ4n) is 2.13. The molecular weight excluding hydrogens is 294 g/mol. The van der Waals surface area contributed by atoms with Crippen LogP contribution in [0.3, 0.4) is 0 Å².